The molecule has 1 aliphatic rings. The third-order valence-electron chi connectivity index (χ3n) is 4.85. The molecule has 0 spiro atoms. The molecule has 0 aliphatic carbocycles. The average Bonchev–Trinajstić information content (AvgIpc) is 2.70. The number of aromatic nitrogens is 2. The van der Waals surface area contributed by atoms with Crippen LogP contribution in [-0.4, -0.2) is 27.5 Å². The van der Waals surface area contributed by atoms with Crippen molar-refractivity contribution in [3.63, 3.8) is 0 Å². The summed E-state index contributed by atoms with van der Waals surface area (Å²) in [4.78, 5) is 0. The minimum atomic E-state index is -0.134. The minimum Gasteiger partial charge on any atom is -0.369 e. The smallest absolute Gasteiger partial charge is 0.0681 e. The van der Waals surface area contributed by atoms with Crippen molar-refractivity contribution >= 4 is 0 Å². The summed E-state index contributed by atoms with van der Waals surface area (Å²) in [6, 6.07) is 0.292. The lowest BCUT2D eigenvalue weighted by Crippen LogP contribution is -2.39. The molecular weight excluding hydrogens is 262 g/mol. The fourth-order valence-electron chi connectivity index (χ4n) is 4.03. The summed E-state index contributed by atoms with van der Waals surface area (Å²) in [7, 11) is 2.02. The van der Waals surface area contributed by atoms with Crippen molar-refractivity contribution in [1.29, 1.82) is 0 Å². The molecule has 2 unspecified atom stereocenters. The van der Waals surface area contributed by atoms with E-state index < -0.39 is 0 Å². The molecular formula is C17H31N3O. The number of aryl methyl sites for hydroxylation is 2. The van der Waals surface area contributed by atoms with Gasteiger partial charge in [0, 0.05) is 30.3 Å². The Kier molecular flexibility index (Phi) is 4.24. The normalized spacial score (nSPS) is 25.2. The van der Waals surface area contributed by atoms with Gasteiger partial charge in [0.15, 0.2) is 0 Å². The van der Waals surface area contributed by atoms with Crippen molar-refractivity contribution in [3.8, 4) is 0 Å². The van der Waals surface area contributed by atoms with Crippen LogP contribution in [0.5, 0.6) is 0 Å². The number of hydrogen-bond acceptors (Lipinski definition) is 3. The standard InChI is InChI=1S/C17H31N3O/c1-9-18-15(14-11(2)19-20(8)12(14)3)13-10-16(4,5)21-17(13,6)7/h13,15,18H,9-10H2,1-8H3. The lowest BCUT2D eigenvalue weighted by atomic mass is 9.78. The van der Waals surface area contributed by atoms with E-state index in [-0.39, 0.29) is 11.2 Å². The maximum Gasteiger partial charge on any atom is 0.0681 e. The quantitative estimate of drug-likeness (QED) is 0.926. The van der Waals surface area contributed by atoms with Crippen LogP contribution >= 0.6 is 0 Å². The van der Waals surface area contributed by atoms with Crippen molar-refractivity contribution in [2.75, 3.05) is 6.54 Å². The van der Waals surface area contributed by atoms with E-state index in [0.29, 0.717) is 12.0 Å². The first kappa shape index (κ1) is 16.5. The lowest BCUT2D eigenvalue weighted by molar-refractivity contribution is -0.0778. The zero-order valence-electron chi connectivity index (χ0n) is 14.9. The summed E-state index contributed by atoms with van der Waals surface area (Å²) in [6.07, 6.45) is 1.06. The van der Waals surface area contributed by atoms with Crippen molar-refractivity contribution in [2.24, 2.45) is 13.0 Å². The molecule has 120 valence electrons. The Hall–Kier alpha value is -0.870. The summed E-state index contributed by atoms with van der Waals surface area (Å²) < 4.78 is 8.31. The predicted molar refractivity (Wildman–Crippen MR) is 86.4 cm³/mol. The average molecular weight is 293 g/mol. The second-order valence-electron chi connectivity index (χ2n) is 7.52. The maximum absolute atomic E-state index is 6.32. The van der Waals surface area contributed by atoms with Gasteiger partial charge in [-0.15, -0.1) is 0 Å². The van der Waals surface area contributed by atoms with Gasteiger partial charge in [0.1, 0.15) is 0 Å². The molecule has 1 aromatic heterocycles. The highest BCUT2D eigenvalue weighted by atomic mass is 16.5. The van der Waals surface area contributed by atoms with Gasteiger partial charge in [-0.1, -0.05) is 6.92 Å². The summed E-state index contributed by atoms with van der Waals surface area (Å²) in [5, 5.41) is 8.30. The van der Waals surface area contributed by atoms with Gasteiger partial charge in [-0.25, -0.2) is 0 Å². The van der Waals surface area contributed by atoms with Crippen LogP contribution in [0.1, 0.15) is 64.0 Å². The van der Waals surface area contributed by atoms with Crippen molar-refractivity contribution in [3.05, 3.63) is 17.0 Å². The second-order valence-corrected chi connectivity index (χ2v) is 7.52. The van der Waals surface area contributed by atoms with Crippen molar-refractivity contribution < 1.29 is 4.74 Å². The summed E-state index contributed by atoms with van der Waals surface area (Å²) >= 11 is 0. The summed E-state index contributed by atoms with van der Waals surface area (Å²) in [5.74, 6) is 0.439. The minimum absolute atomic E-state index is 0.0636. The van der Waals surface area contributed by atoms with Gasteiger partial charge in [0.05, 0.1) is 16.9 Å². The molecule has 1 aliphatic heterocycles. The van der Waals surface area contributed by atoms with Crippen LogP contribution in [0.4, 0.5) is 0 Å². The fourth-order valence-corrected chi connectivity index (χ4v) is 4.03. The third kappa shape index (κ3) is 3.02. The zero-order valence-corrected chi connectivity index (χ0v) is 14.9. The van der Waals surface area contributed by atoms with Gasteiger partial charge in [-0.05, 0) is 54.5 Å². The van der Waals surface area contributed by atoms with Crippen LogP contribution in [0, 0.1) is 19.8 Å². The van der Waals surface area contributed by atoms with Crippen molar-refractivity contribution in [1.82, 2.24) is 15.1 Å². The Bertz CT molecular complexity index is 516. The molecule has 2 atom stereocenters. The van der Waals surface area contributed by atoms with E-state index in [9.17, 15) is 0 Å². The molecule has 0 radical (unpaired) electrons. The van der Waals surface area contributed by atoms with Crippen LogP contribution in [0.25, 0.3) is 0 Å². The van der Waals surface area contributed by atoms with Crippen LogP contribution in [-0.2, 0) is 11.8 Å². The summed E-state index contributed by atoms with van der Waals surface area (Å²) in [6.45, 7) is 16.2. The molecule has 2 heterocycles. The molecule has 4 heteroatoms. The molecule has 21 heavy (non-hydrogen) atoms. The number of rotatable bonds is 4. The molecule has 0 saturated carbocycles. The Morgan fingerprint density at radius 1 is 1.33 bits per heavy atom. The fraction of sp³-hybridized carbons (Fsp3) is 0.824. The molecule has 0 aromatic carbocycles. The van der Waals surface area contributed by atoms with E-state index >= 15 is 0 Å². The third-order valence-corrected chi connectivity index (χ3v) is 4.85. The Morgan fingerprint density at radius 2 is 1.95 bits per heavy atom. The van der Waals surface area contributed by atoms with E-state index in [0.717, 1.165) is 18.7 Å². The second kappa shape index (κ2) is 5.40. The van der Waals surface area contributed by atoms with Gasteiger partial charge in [-0.3, -0.25) is 4.68 Å². The summed E-state index contributed by atoms with van der Waals surface area (Å²) in [5.41, 5.74) is 3.52. The Labute approximate surface area is 129 Å². The van der Waals surface area contributed by atoms with E-state index in [4.69, 9.17) is 4.74 Å². The first-order chi connectivity index (χ1) is 9.59. The first-order valence-electron chi connectivity index (χ1n) is 8.02. The largest absolute Gasteiger partial charge is 0.369 e. The number of hydrogen-bond donors (Lipinski definition) is 1. The molecule has 1 fully saturated rings. The van der Waals surface area contributed by atoms with Gasteiger partial charge in [0.25, 0.3) is 0 Å². The first-order valence-corrected chi connectivity index (χ1v) is 8.02. The molecule has 1 aromatic rings. The lowest BCUT2D eigenvalue weighted by Gasteiger charge is -2.34. The van der Waals surface area contributed by atoms with Gasteiger partial charge in [-0.2, -0.15) is 5.10 Å². The van der Waals surface area contributed by atoms with E-state index in [1.165, 1.54) is 11.3 Å². The highest BCUT2D eigenvalue weighted by Gasteiger charge is 2.50. The molecule has 1 N–H and O–H groups in total. The van der Waals surface area contributed by atoms with Gasteiger partial charge >= 0.3 is 0 Å². The van der Waals surface area contributed by atoms with Crippen molar-refractivity contribution in [2.45, 2.75) is 72.1 Å². The van der Waals surface area contributed by atoms with Gasteiger partial charge in [0.2, 0.25) is 0 Å². The van der Waals surface area contributed by atoms with E-state index in [1.54, 1.807) is 0 Å². The molecule has 0 amide bonds. The molecule has 4 nitrogen and oxygen atoms in total. The van der Waals surface area contributed by atoms with E-state index in [1.807, 2.05) is 11.7 Å². The SMILES string of the molecule is CCNC(c1c(C)nn(C)c1C)C1CC(C)(C)OC1(C)C. The zero-order chi connectivity index (χ0) is 16.0. The highest BCUT2D eigenvalue weighted by molar-refractivity contribution is 5.30. The number of nitrogens with one attached hydrogen (secondary N) is 1. The van der Waals surface area contributed by atoms with E-state index in [2.05, 4.69) is 58.9 Å². The molecule has 0 bridgehead atoms. The number of nitrogens with zero attached hydrogens (tertiary/aromatic N) is 2. The molecule has 1 saturated heterocycles. The predicted octanol–water partition coefficient (Wildman–Crippen LogP) is 3.28. The van der Waals surface area contributed by atoms with Crippen LogP contribution in [0.3, 0.4) is 0 Å². The van der Waals surface area contributed by atoms with Gasteiger partial charge < -0.3 is 10.1 Å². The topological polar surface area (TPSA) is 39.1 Å². The van der Waals surface area contributed by atoms with Crippen LogP contribution in [0.2, 0.25) is 0 Å². The van der Waals surface area contributed by atoms with Crippen LogP contribution < -0.4 is 5.32 Å². The Balaban J connectivity index is 2.44. The van der Waals surface area contributed by atoms with Crippen LogP contribution in [0.15, 0.2) is 0 Å². The highest BCUT2D eigenvalue weighted by Crippen LogP contribution is 2.48. The number of ether oxygens (including phenoxy) is 1. The Morgan fingerprint density at radius 3 is 2.33 bits per heavy atom. The maximum atomic E-state index is 6.32. The molecule has 2 rings (SSSR count). The monoisotopic (exact) mass is 293 g/mol.